The molecule has 23 heavy (non-hydrogen) atoms. The fourth-order valence-electron chi connectivity index (χ4n) is 1.84. The quantitative estimate of drug-likeness (QED) is 0.515. The Morgan fingerprint density at radius 2 is 1.91 bits per heavy atom. The number of hydrogen-bond donors (Lipinski definition) is 2. The molecule has 0 saturated carbocycles. The van der Waals surface area contributed by atoms with E-state index in [0.29, 0.717) is 31.7 Å². The predicted molar refractivity (Wildman–Crippen MR) is 89.1 cm³/mol. The van der Waals surface area contributed by atoms with Gasteiger partial charge in [-0.25, -0.2) is 0 Å². The predicted octanol–water partition coefficient (Wildman–Crippen LogP) is 0.616. The second-order valence-electron chi connectivity index (χ2n) is 5.11. The molecule has 0 fully saturated rings. The first-order valence-corrected chi connectivity index (χ1v) is 7.49. The molecule has 0 aliphatic carbocycles. The first kappa shape index (κ1) is 18.6. The number of nitrogens with two attached hydrogens (primary N) is 1. The van der Waals surface area contributed by atoms with Crippen LogP contribution in [-0.2, 0) is 9.63 Å². The van der Waals surface area contributed by atoms with E-state index in [9.17, 15) is 9.59 Å². The van der Waals surface area contributed by atoms with Crippen molar-refractivity contribution in [2.75, 3.05) is 32.8 Å². The maximum absolute atomic E-state index is 12.4. The summed E-state index contributed by atoms with van der Waals surface area (Å²) in [6.07, 6.45) is 0. The summed E-state index contributed by atoms with van der Waals surface area (Å²) in [6, 6.07) is 8.98. The smallest absolute Gasteiger partial charge is 0.260 e. The number of oxime groups is 1. The lowest BCUT2D eigenvalue weighted by Crippen LogP contribution is -2.41. The van der Waals surface area contributed by atoms with Crippen molar-refractivity contribution in [1.29, 1.82) is 0 Å². The molecule has 1 rings (SSSR count). The fraction of sp³-hybridized carbons (Fsp3) is 0.438. The van der Waals surface area contributed by atoms with Gasteiger partial charge in [0.25, 0.3) is 11.8 Å². The highest BCUT2D eigenvalue weighted by atomic mass is 16.6. The van der Waals surface area contributed by atoms with Crippen molar-refractivity contribution in [1.82, 2.24) is 10.2 Å². The van der Waals surface area contributed by atoms with Crippen molar-refractivity contribution in [3.63, 3.8) is 0 Å². The second-order valence-corrected chi connectivity index (χ2v) is 5.11. The Morgan fingerprint density at radius 3 is 2.52 bits per heavy atom. The molecule has 1 aromatic carbocycles. The van der Waals surface area contributed by atoms with Crippen molar-refractivity contribution in [3.8, 4) is 0 Å². The third kappa shape index (κ3) is 7.42. The van der Waals surface area contributed by atoms with E-state index in [1.165, 1.54) is 0 Å². The summed E-state index contributed by atoms with van der Waals surface area (Å²) >= 11 is 0. The van der Waals surface area contributed by atoms with Gasteiger partial charge in [0.1, 0.15) is 0 Å². The van der Waals surface area contributed by atoms with Crippen LogP contribution in [0.4, 0.5) is 0 Å². The average molecular weight is 320 g/mol. The summed E-state index contributed by atoms with van der Waals surface area (Å²) in [5, 5.41) is 6.36. The lowest BCUT2D eigenvalue weighted by Gasteiger charge is -2.22. The summed E-state index contributed by atoms with van der Waals surface area (Å²) in [7, 11) is 0. The zero-order chi connectivity index (χ0) is 17.1. The Balaban J connectivity index is 2.43. The molecule has 1 aromatic rings. The van der Waals surface area contributed by atoms with E-state index in [4.69, 9.17) is 10.6 Å². The summed E-state index contributed by atoms with van der Waals surface area (Å²) < 4.78 is 0. The summed E-state index contributed by atoms with van der Waals surface area (Å²) in [5.41, 5.74) is 6.89. The Hall–Kier alpha value is -2.41. The molecule has 7 heteroatoms. The van der Waals surface area contributed by atoms with Crippen LogP contribution in [0.3, 0.4) is 0 Å². The Kier molecular flexibility index (Phi) is 8.38. The normalized spacial score (nSPS) is 9.87. The molecule has 2 amide bonds. The minimum atomic E-state index is -0.283. The van der Waals surface area contributed by atoms with E-state index in [0.717, 1.165) is 5.71 Å². The highest BCUT2D eigenvalue weighted by Crippen LogP contribution is 2.03. The van der Waals surface area contributed by atoms with Gasteiger partial charge in [0, 0.05) is 31.7 Å². The van der Waals surface area contributed by atoms with E-state index in [1.807, 2.05) is 18.2 Å². The van der Waals surface area contributed by atoms with Crippen molar-refractivity contribution in [3.05, 3.63) is 35.9 Å². The molecular formula is C16H24N4O3. The minimum absolute atomic E-state index is 0.104. The largest absolute Gasteiger partial charge is 0.386 e. The molecule has 0 bridgehead atoms. The maximum Gasteiger partial charge on any atom is 0.260 e. The number of rotatable bonds is 9. The monoisotopic (exact) mass is 320 g/mol. The number of carbonyl (C=O) groups is 2. The van der Waals surface area contributed by atoms with Gasteiger partial charge in [-0.1, -0.05) is 23.4 Å². The molecule has 3 N–H and O–H groups in total. The Bertz CT molecular complexity index is 527. The number of hydrogen-bond acceptors (Lipinski definition) is 5. The van der Waals surface area contributed by atoms with Crippen LogP contribution in [0.2, 0.25) is 0 Å². The van der Waals surface area contributed by atoms with Gasteiger partial charge in [0.2, 0.25) is 0 Å². The molecule has 0 aliphatic rings. The first-order valence-electron chi connectivity index (χ1n) is 7.49. The second kappa shape index (κ2) is 10.3. The van der Waals surface area contributed by atoms with Crippen molar-refractivity contribution in [2.24, 2.45) is 10.9 Å². The van der Waals surface area contributed by atoms with Gasteiger partial charge in [-0.2, -0.15) is 0 Å². The van der Waals surface area contributed by atoms with E-state index < -0.39 is 0 Å². The van der Waals surface area contributed by atoms with Gasteiger partial charge in [-0.3, -0.25) is 9.59 Å². The van der Waals surface area contributed by atoms with Crippen LogP contribution in [0.5, 0.6) is 0 Å². The van der Waals surface area contributed by atoms with Gasteiger partial charge in [-0.15, -0.1) is 0 Å². The molecule has 0 heterocycles. The van der Waals surface area contributed by atoms with Crippen LogP contribution >= 0.6 is 0 Å². The van der Waals surface area contributed by atoms with Crippen molar-refractivity contribution >= 4 is 17.5 Å². The summed E-state index contributed by atoms with van der Waals surface area (Å²) in [4.78, 5) is 30.4. The number of nitrogens with one attached hydrogen (secondary N) is 1. The van der Waals surface area contributed by atoms with Crippen LogP contribution in [0, 0.1) is 0 Å². The van der Waals surface area contributed by atoms with E-state index in [-0.39, 0.29) is 18.4 Å². The molecule has 0 aromatic heterocycles. The molecular weight excluding hydrogens is 296 g/mol. The van der Waals surface area contributed by atoms with Crippen LogP contribution in [0.15, 0.2) is 35.5 Å². The van der Waals surface area contributed by atoms with Gasteiger partial charge in [-0.05, 0) is 26.0 Å². The zero-order valence-electron chi connectivity index (χ0n) is 13.6. The number of benzene rings is 1. The molecule has 7 nitrogen and oxygen atoms in total. The highest BCUT2D eigenvalue weighted by Gasteiger charge is 2.14. The lowest BCUT2D eigenvalue weighted by molar-refractivity contribution is -0.125. The van der Waals surface area contributed by atoms with Gasteiger partial charge >= 0.3 is 0 Å². The average Bonchev–Trinajstić information content (AvgIpc) is 2.54. The number of carbonyl (C=O) groups excluding carboxylic acids is 2. The summed E-state index contributed by atoms with van der Waals surface area (Å²) in [5.74, 6) is -0.386. The van der Waals surface area contributed by atoms with E-state index in [2.05, 4.69) is 10.5 Å². The van der Waals surface area contributed by atoms with E-state index in [1.54, 1.807) is 30.9 Å². The van der Waals surface area contributed by atoms with Crippen LogP contribution in [0.1, 0.15) is 24.2 Å². The number of amides is 2. The van der Waals surface area contributed by atoms with Gasteiger partial charge < -0.3 is 20.8 Å². The fourth-order valence-corrected chi connectivity index (χ4v) is 1.84. The van der Waals surface area contributed by atoms with Gasteiger partial charge in [0.05, 0.1) is 5.71 Å². The topological polar surface area (TPSA) is 97.0 Å². The third-order valence-electron chi connectivity index (χ3n) is 2.85. The molecule has 0 spiro atoms. The van der Waals surface area contributed by atoms with Gasteiger partial charge in [0.15, 0.2) is 6.61 Å². The van der Waals surface area contributed by atoms with Crippen molar-refractivity contribution in [2.45, 2.75) is 13.8 Å². The molecule has 0 saturated heterocycles. The van der Waals surface area contributed by atoms with Crippen LogP contribution in [-0.4, -0.2) is 55.2 Å². The Morgan fingerprint density at radius 1 is 1.22 bits per heavy atom. The minimum Gasteiger partial charge on any atom is -0.386 e. The first-order chi connectivity index (χ1) is 11.0. The van der Waals surface area contributed by atoms with Crippen molar-refractivity contribution < 1.29 is 14.4 Å². The van der Waals surface area contributed by atoms with Crippen LogP contribution < -0.4 is 11.1 Å². The SMILES string of the molecule is CC(C)=NOCC(=O)NCCN(CCN)C(=O)c1ccccc1. The third-order valence-corrected chi connectivity index (χ3v) is 2.85. The molecule has 0 radical (unpaired) electrons. The molecule has 0 aliphatic heterocycles. The zero-order valence-corrected chi connectivity index (χ0v) is 13.6. The molecule has 0 atom stereocenters. The lowest BCUT2D eigenvalue weighted by atomic mass is 10.2. The van der Waals surface area contributed by atoms with E-state index >= 15 is 0 Å². The standard InChI is InChI=1S/C16H24N4O3/c1-13(2)19-23-12-15(21)18-9-11-20(10-8-17)16(22)14-6-4-3-5-7-14/h3-7H,8-12,17H2,1-2H3,(H,18,21). The molecule has 0 unspecified atom stereocenters. The van der Waals surface area contributed by atoms with Crippen LogP contribution in [0.25, 0.3) is 0 Å². The molecule has 126 valence electrons. The number of nitrogens with zero attached hydrogens (tertiary/aromatic N) is 2. The summed E-state index contributed by atoms with van der Waals surface area (Å²) in [6.45, 7) is 4.91. The Labute approximate surface area is 136 Å². The maximum atomic E-state index is 12.4. The highest BCUT2D eigenvalue weighted by molar-refractivity contribution is 5.94.